The van der Waals surface area contributed by atoms with Crippen molar-refractivity contribution >= 4 is 99.9 Å². The van der Waals surface area contributed by atoms with Crippen molar-refractivity contribution in [3.8, 4) is 21.3 Å². The van der Waals surface area contributed by atoms with Crippen molar-refractivity contribution in [1.82, 2.24) is 4.57 Å². The Morgan fingerprint density at radius 2 is 0.870 bits per heavy atom. The summed E-state index contributed by atoms with van der Waals surface area (Å²) in [6, 6.07) is 32.1. The van der Waals surface area contributed by atoms with Crippen LogP contribution in [0.4, 0.5) is 0 Å². The Kier molecular flexibility index (Phi) is 5.96. The van der Waals surface area contributed by atoms with E-state index in [0.717, 1.165) is 51.7 Å². The van der Waals surface area contributed by atoms with E-state index in [1.54, 1.807) is 48.5 Å². The fourth-order valence-corrected chi connectivity index (χ4v) is 9.93. The van der Waals surface area contributed by atoms with Gasteiger partial charge in [0.15, 0.2) is 23.1 Å². The second-order valence-electron chi connectivity index (χ2n) is 13.3. The molecule has 5 heterocycles. The van der Waals surface area contributed by atoms with Crippen LogP contribution in [0, 0.1) is 0 Å². The number of aromatic nitrogens is 1. The molecule has 2 aliphatic carbocycles. The van der Waals surface area contributed by atoms with Crippen LogP contribution >= 0.6 is 22.7 Å². The monoisotopic (exact) mass is 739 g/mol. The number of ketones is 4. The summed E-state index contributed by atoms with van der Waals surface area (Å²) in [5.41, 5.74) is 2.75. The summed E-state index contributed by atoms with van der Waals surface area (Å²) < 4.78 is 34.1. The largest absolute Gasteiger partial charge is 0.456 e. The molecule has 0 bridgehead atoms. The Bertz CT molecular complexity index is 3050. The van der Waals surface area contributed by atoms with Crippen molar-refractivity contribution in [3.05, 3.63) is 154 Å². The summed E-state index contributed by atoms with van der Waals surface area (Å²) in [6.07, 6.45) is 0. The zero-order valence-corrected chi connectivity index (χ0v) is 29.7. The number of Topliss-reactive ketones (excluding diaryl/α,β-unsaturated/α-hetero) is 4. The van der Waals surface area contributed by atoms with Gasteiger partial charge in [-0.15, -0.1) is 22.7 Å². The van der Waals surface area contributed by atoms with E-state index in [1.807, 2.05) is 67.7 Å². The molecule has 4 aromatic carbocycles. The molecule has 9 heteroatoms. The molecule has 0 radical (unpaired) electrons. The van der Waals surface area contributed by atoms with Gasteiger partial charge in [0.05, 0.1) is 44.1 Å². The molecule has 0 unspecified atom stereocenters. The molecule has 0 fully saturated rings. The lowest BCUT2D eigenvalue weighted by atomic mass is 10.0. The molecule has 11 rings (SSSR count). The SMILES string of the molecule is [2H]C(=C1C(=O)c2cc3ccccc3cc2C1=O)c1ccc(-c2cc3c(s2)c2sc(-c4ccc(C([2H])=C5C(=O)c6cc7ccccc7cc6C5=O)o4)cc2n3C)o1. The van der Waals surface area contributed by atoms with E-state index < -0.39 is 23.1 Å². The Morgan fingerprint density at radius 3 is 1.22 bits per heavy atom. The first-order valence-corrected chi connectivity index (χ1v) is 18.7. The third-order valence-corrected chi connectivity index (χ3v) is 12.6. The van der Waals surface area contributed by atoms with Crippen LogP contribution in [-0.4, -0.2) is 27.7 Å². The fraction of sp³-hybridized carbons (Fsp3) is 0.0222. The van der Waals surface area contributed by atoms with Crippen LogP contribution in [0.1, 0.15) is 55.7 Å². The maximum atomic E-state index is 13.4. The first-order valence-electron chi connectivity index (χ1n) is 18.0. The number of rotatable bonds is 4. The van der Waals surface area contributed by atoms with Crippen LogP contribution in [0.15, 0.2) is 129 Å². The van der Waals surface area contributed by atoms with Crippen molar-refractivity contribution in [1.29, 1.82) is 0 Å². The average molecular weight is 740 g/mol. The van der Waals surface area contributed by atoms with E-state index in [0.29, 0.717) is 33.8 Å². The highest BCUT2D eigenvalue weighted by atomic mass is 32.1. The molecule has 2 aliphatic rings. The molecule has 256 valence electrons. The van der Waals surface area contributed by atoms with Crippen molar-refractivity contribution in [2.75, 3.05) is 0 Å². The summed E-state index contributed by atoms with van der Waals surface area (Å²) in [4.78, 5) is 55.3. The predicted molar refractivity (Wildman–Crippen MR) is 213 cm³/mol. The second kappa shape index (κ2) is 11.2. The summed E-state index contributed by atoms with van der Waals surface area (Å²) >= 11 is 3.04. The summed E-state index contributed by atoms with van der Waals surface area (Å²) in [7, 11) is 1.97. The number of aryl methyl sites for hydroxylation is 1. The van der Waals surface area contributed by atoms with Crippen LogP contribution in [0.5, 0.6) is 0 Å². The van der Waals surface area contributed by atoms with Gasteiger partial charge in [-0.1, -0.05) is 48.5 Å². The highest BCUT2D eigenvalue weighted by Gasteiger charge is 2.35. The lowest BCUT2D eigenvalue weighted by Gasteiger charge is -2.00. The van der Waals surface area contributed by atoms with Crippen molar-refractivity contribution in [2.24, 2.45) is 7.05 Å². The molecule has 0 spiro atoms. The van der Waals surface area contributed by atoms with Crippen LogP contribution < -0.4 is 0 Å². The van der Waals surface area contributed by atoms with Crippen LogP contribution in [0.3, 0.4) is 0 Å². The van der Waals surface area contributed by atoms with E-state index in [2.05, 4.69) is 4.57 Å². The van der Waals surface area contributed by atoms with Crippen molar-refractivity contribution < 1.29 is 30.8 Å². The van der Waals surface area contributed by atoms with Gasteiger partial charge >= 0.3 is 0 Å². The zero-order valence-electron chi connectivity index (χ0n) is 30.1. The van der Waals surface area contributed by atoms with Crippen molar-refractivity contribution in [3.63, 3.8) is 0 Å². The maximum absolute atomic E-state index is 13.4. The van der Waals surface area contributed by atoms with Gasteiger partial charge in [-0.05, 0) is 94.3 Å². The fourth-order valence-electron chi connectivity index (χ4n) is 7.48. The van der Waals surface area contributed by atoms with E-state index >= 15 is 0 Å². The number of hydrogen-bond donors (Lipinski definition) is 0. The zero-order chi connectivity index (χ0) is 38.1. The van der Waals surface area contributed by atoms with Crippen LogP contribution in [-0.2, 0) is 7.05 Å². The first kappa shape index (κ1) is 28.9. The normalized spacial score (nSPS) is 14.6. The van der Waals surface area contributed by atoms with E-state index in [-0.39, 0.29) is 34.8 Å². The van der Waals surface area contributed by atoms with Gasteiger partial charge in [-0.3, -0.25) is 19.2 Å². The van der Waals surface area contributed by atoms with E-state index in [9.17, 15) is 19.2 Å². The number of benzene rings is 4. The smallest absolute Gasteiger partial charge is 0.197 e. The van der Waals surface area contributed by atoms with Gasteiger partial charge in [-0.25, -0.2) is 0 Å². The molecule has 0 saturated carbocycles. The van der Waals surface area contributed by atoms with Gasteiger partial charge in [0, 0.05) is 29.3 Å². The Labute approximate surface area is 316 Å². The van der Waals surface area contributed by atoms with E-state index in [4.69, 9.17) is 11.6 Å². The highest BCUT2D eigenvalue weighted by Crippen LogP contribution is 2.46. The van der Waals surface area contributed by atoms with E-state index in [1.165, 1.54) is 22.7 Å². The molecule has 9 aromatic rings. The number of carbonyl (C=O) groups is 4. The quantitative estimate of drug-likeness (QED) is 0.132. The Morgan fingerprint density at radius 1 is 0.519 bits per heavy atom. The molecule has 0 saturated heterocycles. The number of allylic oxidation sites excluding steroid dienone is 2. The number of furan rings is 2. The lowest BCUT2D eigenvalue weighted by molar-refractivity contribution is 0.0974. The molecule has 7 nitrogen and oxygen atoms in total. The van der Waals surface area contributed by atoms with Gasteiger partial charge < -0.3 is 13.4 Å². The maximum Gasteiger partial charge on any atom is 0.197 e. The third kappa shape index (κ3) is 4.46. The second-order valence-corrected chi connectivity index (χ2v) is 15.4. The minimum absolute atomic E-state index is 0.130. The number of nitrogens with zero attached hydrogens (tertiary/aromatic N) is 1. The molecule has 0 atom stereocenters. The van der Waals surface area contributed by atoms with Gasteiger partial charge in [0.25, 0.3) is 0 Å². The lowest BCUT2D eigenvalue weighted by Crippen LogP contribution is -1.99. The summed E-state index contributed by atoms with van der Waals surface area (Å²) in [5, 5.41) is 3.39. The minimum Gasteiger partial charge on any atom is -0.456 e. The number of carbonyl (C=O) groups excluding carboxylic acids is 4. The topological polar surface area (TPSA) is 99.5 Å². The molecular formula is C45H23NO6S2. The highest BCUT2D eigenvalue weighted by molar-refractivity contribution is 7.30. The Hall–Kier alpha value is -6.68. The molecule has 54 heavy (non-hydrogen) atoms. The summed E-state index contributed by atoms with van der Waals surface area (Å²) in [6.45, 7) is 0. The molecular weight excluding hydrogens is 715 g/mol. The van der Waals surface area contributed by atoms with Crippen LogP contribution in [0.25, 0.3) is 75.4 Å². The predicted octanol–water partition coefficient (Wildman–Crippen LogP) is 11.2. The Balaban J connectivity index is 0.901. The number of thiophene rings is 2. The molecule has 0 amide bonds. The summed E-state index contributed by atoms with van der Waals surface area (Å²) in [5.74, 6) is -0.625. The average Bonchev–Trinajstić information content (AvgIpc) is 4.08. The van der Waals surface area contributed by atoms with Gasteiger partial charge in [-0.2, -0.15) is 0 Å². The van der Waals surface area contributed by atoms with Gasteiger partial charge in [0.2, 0.25) is 0 Å². The molecule has 0 aliphatic heterocycles. The molecule has 0 N–H and O–H groups in total. The minimum atomic E-state index is -0.476. The third-order valence-electron chi connectivity index (χ3n) is 10.2. The number of fused-ring (bicyclic) bond motifs is 7. The van der Waals surface area contributed by atoms with Crippen LogP contribution in [0.2, 0.25) is 0 Å². The first-order chi connectivity index (χ1) is 27.1. The van der Waals surface area contributed by atoms with Gasteiger partial charge in [0.1, 0.15) is 23.0 Å². The molecule has 5 aromatic heterocycles. The van der Waals surface area contributed by atoms with Crippen molar-refractivity contribution in [2.45, 2.75) is 0 Å². The standard InChI is InChI=1S/C45H23NO6S2/c1-46-34-20-38(36-12-10-26(51-36)18-32-40(47)28-14-22-6-2-3-7-23(22)15-29(28)41(32)48)53-44(34)45-35(46)21-39(54-45)37-13-11-27(52-37)19-33-42(49)30-16-24-8-4-5-9-25(24)17-31(30)43(33)50/h2-21H,1H3/i18D,19D. The number of hydrogen-bond acceptors (Lipinski definition) is 8.